The van der Waals surface area contributed by atoms with Crippen molar-refractivity contribution in [1.29, 1.82) is 0 Å². The van der Waals surface area contributed by atoms with Gasteiger partial charge in [-0.25, -0.2) is 0 Å². The topological polar surface area (TPSA) is 32.3 Å². The third-order valence-corrected chi connectivity index (χ3v) is 5.77. The number of piperidine rings is 1. The first kappa shape index (κ1) is 18.8. The molecule has 0 aromatic heterocycles. The first-order valence-electron chi connectivity index (χ1n) is 9.80. The molecule has 2 unspecified atom stereocenters. The average Bonchev–Trinajstić information content (AvgIpc) is 2.52. The van der Waals surface area contributed by atoms with E-state index in [4.69, 9.17) is 0 Å². The quantitative estimate of drug-likeness (QED) is 0.846. The summed E-state index contributed by atoms with van der Waals surface area (Å²) in [6, 6.07) is 0.476. The van der Waals surface area contributed by atoms with Crippen molar-refractivity contribution in [1.82, 2.24) is 10.2 Å². The van der Waals surface area contributed by atoms with Gasteiger partial charge in [0, 0.05) is 24.5 Å². The molecule has 3 nitrogen and oxygen atoms in total. The highest BCUT2D eigenvalue weighted by Crippen LogP contribution is 2.28. The van der Waals surface area contributed by atoms with Crippen molar-refractivity contribution in [3.05, 3.63) is 0 Å². The zero-order valence-corrected chi connectivity index (χ0v) is 16.0. The van der Waals surface area contributed by atoms with E-state index in [0.717, 1.165) is 25.6 Å². The Bertz CT molecular complexity index is 380. The molecule has 134 valence electrons. The number of carbonyl (C=O) groups excluding carboxylic acids is 1. The first-order chi connectivity index (χ1) is 10.8. The average molecular weight is 323 g/mol. The summed E-state index contributed by atoms with van der Waals surface area (Å²) in [5, 5.41) is 3.82. The molecule has 0 bridgehead atoms. The van der Waals surface area contributed by atoms with Crippen LogP contribution in [0.4, 0.5) is 0 Å². The second kappa shape index (κ2) is 8.00. The Hall–Kier alpha value is -0.570. The molecule has 0 spiro atoms. The molecular formula is C20H38N2O. The van der Waals surface area contributed by atoms with E-state index in [1.54, 1.807) is 0 Å². The van der Waals surface area contributed by atoms with Crippen LogP contribution >= 0.6 is 0 Å². The predicted molar refractivity (Wildman–Crippen MR) is 97.3 cm³/mol. The fourth-order valence-electron chi connectivity index (χ4n) is 4.13. The number of rotatable bonds is 4. The summed E-state index contributed by atoms with van der Waals surface area (Å²) < 4.78 is 0. The molecular weight excluding hydrogens is 284 g/mol. The van der Waals surface area contributed by atoms with Gasteiger partial charge in [-0.1, -0.05) is 53.9 Å². The zero-order chi connectivity index (χ0) is 17.0. The molecule has 1 aliphatic heterocycles. The van der Waals surface area contributed by atoms with Crippen LogP contribution in [0.25, 0.3) is 0 Å². The van der Waals surface area contributed by atoms with Gasteiger partial charge < -0.3 is 10.2 Å². The minimum absolute atomic E-state index is 0.271. The van der Waals surface area contributed by atoms with Crippen molar-refractivity contribution < 1.29 is 4.79 Å². The molecule has 2 fully saturated rings. The molecule has 2 rings (SSSR count). The molecule has 1 saturated carbocycles. The Labute approximate surface area is 143 Å². The van der Waals surface area contributed by atoms with Gasteiger partial charge in [0.15, 0.2) is 0 Å². The van der Waals surface area contributed by atoms with Crippen LogP contribution in [0, 0.1) is 23.2 Å². The molecule has 2 atom stereocenters. The van der Waals surface area contributed by atoms with E-state index < -0.39 is 0 Å². The van der Waals surface area contributed by atoms with Gasteiger partial charge in [0.05, 0.1) is 0 Å². The van der Waals surface area contributed by atoms with E-state index in [2.05, 4.69) is 24.1 Å². The second-order valence-corrected chi connectivity index (χ2v) is 9.31. The highest BCUT2D eigenvalue weighted by molar-refractivity contribution is 5.81. The molecule has 1 aliphatic carbocycles. The Balaban J connectivity index is 1.93. The minimum atomic E-state index is -0.271. The highest BCUT2D eigenvalue weighted by atomic mass is 16.2. The summed E-state index contributed by atoms with van der Waals surface area (Å²) in [7, 11) is 0. The zero-order valence-electron chi connectivity index (χ0n) is 16.0. The van der Waals surface area contributed by atoms with E-state index >= 15 is 0 Å². The first-order valence-corrected chi connectivity index (χ1v) is 9.80. The fraction of sp³-hybridized carbons (Fsp3) is 0.950. The molecule has 1 N–H and O–H groups in total. The van der Waals surface area contributed by atoms with E-state index in [9.17, 15) is 4.79 Å². The smallest absolute Gasteiger partial charge is 0.228 e. The summed E-state index contributed by atoms with van der Waals surface area (Å²) in [5.41, 5.74) is -0.271. The van der Waals surface area contributed by atoms with Gasteiger partial charge in [0.2, 0.25) is 5.91 Å². The van der Waals surface area contributed by atoms with Crippen LogP contribution in [-0.4, -0.2) is 36.5 Å². The van der Waals surface area contributed by atoms with Crippen LogP contribution < -0.4 is 5.32 Å². The number of amides is 1. The Morgan fingerprint density at radius 2 is 1.78 bits per heavy atom. The normalized spacial score (nSPS) is 27.5. The van der Waals surface area contributed by atoms with Gasteiger partial charge in [0.1, 0.15) is 0 Å². The predicted octanol–water partition coefficient (Wildman–Crippen LogP) is 4.08. The maximum Gasteiger partial charge on any atom is 0.228 e. The fourth-order valence-corrected chi connectivity index (χ4v) is 4.13. The van der Waals surface area contributed by atoms with Crippen molar-refractivity contribution in [3.8, 4) is 0 Å². The number of hydrogen-bond acceptors (Lipinski definition) is 2. The molecule has 23 heavy (non-hydrogen) atoms. The van der Waals surface area contributed by atoms with Crippen molar-refractivity contribution in [2.75, 3.05) is 19.6 Å². The summed E-state index contributed by atoms with van der Waals surface area (Å²) in [6.45, 7) is 13.7. The Kier molecular flexibility index (Phi) is 6.53. The second-order valence-electron chi connectivity index (χ2n) is 9.31. The Morgan fingerprint density at radius 1 is 1.13 bits per heavy atom. The largest absolute Gasteiger partial charge is 0.340 e. The Morgan fingerprint density at radius 3 is 2.35 bits per heavy atom. The molecule has 3 heteroatoms. The lowest BCUT2D eigenvalue weighted by Gasteiger charge is -2.42. The lowest BCUT2D eigenvalue weighted by Crippen LogP contribution is -2.55. The standard InChI is InChI=1S/C20H38N2O/c1-15(2)17-11-18(21-12-16-9-7-6-8-10-16)14-22(13-17)19(23)20(3,4)5/h15-18,21H,6-14H2,1-5H3. The van der Waals surface area contributed by atoms with Crippen LogP contribution in [0.15, 0.2) is 0 Å². The molecule has 1 amide bonds. The van der Waals surface area contributed by atoms with Crippen LogP contribution in [-0.2, 0) is 4.79 Å². The van der Waals surface area contributed by atoms with Gasteiger partial charge in [-0.2, -0.15) is 0 Å². The maximum absolute atomic E-state index is 12.7. The van der Waals surface area contributed by atoms with E-state index in [1.165, 1.54) is 38.5 Å². The number of likely N-dealkylation sites (tertiary alicyclic amines) is 1. The van der Waals surface area contributed by atoms with Crippen molar-refractivity contribution in [3.63, 3.8) is 0 Å². The van der Waals surface area contributed by atoms with Crippen molar-refractivity contribution in [2.45, 2.75) is 79.2 Å². The van der Waals surface area contributed by atoms with Gasteiger partial charge in [-0.15, -0.1) is 0 Å². The summed E-state index contributed by atoms with van der Waals surface area (Å²) in [4.78, 5) is 14.9. The number of nitrogens with one attached hydrogen (secondary N) is 1. The van der Waals surface area contributed by atoms with Crippen LogP contribution in [0.5, 0.6) is 0 Å². The number of hydrogen-bond donors (Lipinski definition) is 1. The molecule has 0 radical (unpaired) electrons. The SMILES string of the molecule is CC(C)C1CC(NCC2CCCCC2)CN(C(=O)C(C)(C)C)C1. The third kappa shape index (κ3) is 5.48. The summed E-state index contributed by atoms with van der Waals surface area (Å²) in [6.07, 6.45) is 8.22. The molecule has 0 aromatic carbocycles. The molecule has 0 aromatic rings. The molecule has 1 saturated heterocycles. The van der Waals surface area contributed by atoms with Crippen LogP contribution in [0.3, 0.4) is 0 Å². The number of carbonyl (C=O) groups is 1. The molecule has 2 aliphatic rings. The lowest BCUT2D eigenvalue weighted by molar-refractivity contribution is -0.142. The van der Waals surface area contributed by atoms with Crippen molar-refractivity contribution in [2.24, 2.45) is 23.2 Å². The van der Waals surface area contributed by atoms with Gasteiger partial charge in [0.25, 0.3) is 0 Å². The molecule has 1 heterocycles. The monoisotopic (exact) mass is 322 g/mol. The van der Waals surface area contributed by atoms with Crippen molar-refractivity contribution >= 4 is 5.91 Å². The van der Waals surface area contributed by atoms with Gasteiger partial charge in [-0.05, 0) is 43.6 Å². The highest BCUT2D eigenvalue weighted by Gasteiger charge is 2.35. The summed E-state index contributed by atoms with van der Waals surface area (Å²) >= 11 is 0. The third-order valence-electron chi connectivity index (χ3n) is 5.77. The minimum Gasteiger partial charge on any atom is -0.340 e. The van der Waals surface area contributed by atoms with E-state index in [-0.39, 0.29) is 5.41 Å². The van der Waals surface area contributed by atoms with E-state index in [0.29, 0.717) is 23.8 Å². The van der Waals surface area contributed by atoms with E-state index in [1.807, 2.05) is 20.8 Å². The van der Waals surface area contributed by atoms with Crippen LogP contribution in [0.2, 0.25) is 0 Å². The summed E-state index contributed by atoms with van der Waals surface area (Å²) in [5.74, 6) is 2.44. The number of nitrogens with zero attached hydrogens (tertiary/aromatic N) is 1. The maximum atomic E-state index is 12.7. The lowest BCUT2D eigenvalue weighted by atomic mass is 9.83. The van der Waals surface area contributed by atoms with Crippen LogP contribution in [0.1, 0.15) is 73.1 Å². The van der Waals surface area contributed by atoms with Gasteiger partial charge >= 0.3 is 0 Å². The van der Waals surface area contributed by atoms with Gasteiger partial charge in [-0.3, -0.25) is 4.79 Å².